The van der Waals surface area contributed by atoms with Gasteiger partial charge in [0.15, 0.2) is 11.6 Å². The number of pyridine rings is 1. The highest BCUT2D eigenvalue weighted by atomic mass is 19.1. The van der Waals surface area contributed by atoms with Crippen LogP contribution in [0.3, 0.4) is 0 Å². The average molecular weight is 264 g/mol. The standard InChI is InChI=1S/C13H17FN4O/c1-8-12-11(17-16-8)7-10(14)13(15-12)18(2)9-3-5-19-6-4-9/h7,9H,3-6H2,1-2H3,(H,16,17). The molecular weight excluding hydrogens is 247 g/mol. The predicted octanol–water partition coefficient (Wildman–Crippen LogP) is 2.02. The van der Waals surface area contributed by atoms with E-state index in [0.29, 0.717) is 11.3 Å². The molecule has 0 aromatic carbocycles. The van der Waals surface area contributed by atoms with Crippen molar-refractivity contribution < 1.29 is 9.13 Å². The van der Waals surface area contributed by atoms with Crippen LogP contribution in [0.5, 0.6) is 0 Å². The lowest BCUT2D eigenvalue weighted by atomic mass is 10.1. The molecule has 19 heavy (non-hydrogen) atoms. The monoisotopic (exact) mass is 264 g/mol. The van der Waals surface area contributed by atoms with Crippen molar-refractivity contribution >= 4 is 16.9 Å². The summed E-state index contributed by atoms with van der Waals surface area (Å²) in [6.45, 7) is 3.34. The molecule has 5 nitrogen and oxygen atoms in total. The first-order chi connectivity index (χ1) is 9.16. The van der Waals surface area contributed by atoms with Gasteiger partial charge in [-0.3, -0.25) is 5.10 Å². The molecule has 2 aromatic heterocycles. The molecule has 1 aliphatic rings. The van der Waals surface area contributed by atoms with Crippen LogP contribution in [0.2, 0.25) is 0 Å². The Morgan fingerprint density at radius 3 is 2.89 bits per heavy atom. The van der Waals surface area contributed by atoms with E-state index in [2.05, 4.69) is 15.2 Å². The third kappa shape index (κ3) is 2.16. The van der Waals surface area contributed by atoms with Gasteiger partial charge in [0.1, 0.15) is 11.0 Å². The second-order valence-corrected chi connectivity index (χ2v) is 4.96. The smallest absolute Gasteiger partial charge is 0.167 e. The van der Waals surface area contributed by atoms with E-state index in [9.17, 15) is 4.39 Å². The van der Waals surface area contributed by atoms with Crippen LogP contribution in [0.15, 0.2) is 6.07 Å². The maximum absolute atomic E-state index is 14.1. The molecule has 3 heterocycles. The number of aromatic nitrogens is 3. The molecule has 0 bridgehead atoms. The molecule has 0 spiro atoms. The summed E-state index contributed by atoms with van der Waals surface area (Å²) in [4.78, 5) is 6.35. The van der Waals surface area contributed by atoms with Crippen LogP contribution in [-0.4, -0.2) is 41.5 Å². The number of ether oxygens (including phenoxy) is 1. The summed E-state index contributed by atoms with van der Waals surface area (Å²) in [5.41, 5.74) is 2.16. The SMILES string of the molecule is Cc1[nH]nc2cc(F)c(N(C)C3CCOCC3)nc12. The normalized spacial score (nSPS) is 17.0. The maximum Gasteiger partial charge on any atom is 0.167 e. The Hall–Kier alpha value is -1.69. The largest absolute Gasteiger partial charge is 0.381 e. The number of rotatable bonds is 2. The summed E-state index contributed by atoms with van der Waals surface area (Å²) in [5, 5.41) is 6.86. The van der Waals surface area contributed by atoms with Crippen LogP contribution in [0.25, 0.3) is 11.0 Å². The van der Waals surface area contributed by atoms with Crippen LogP contribution in [-0.2, 0) is 4.74 Å². The van der Waals surface area contributed by atoms with E-state index in [1.54, 1.807) is 0 Å². The number of halogens is 1. The predicted molar refractivity (Wildman–Crippen MR) is 70.8 cm³/mol. The van der Waals surface area contributed by atoms with Gasteiger partial charge in [-0.05, 0) is 19.8 Å². The molecule has 0 saturated carbocycles. The summed E-state index contributed by atoms with van der Waals surface area (Å²) in [6, 6.07) is 1.72. The number of aryl methyl sites for hydroxylation is 1. The van der Waals surface area contributed by atoms with Crippen molar-refractivity contribution in [2.24, 2.45) is 0 Å². The summed E-state index contributed by atoms with van der Waals surface area (Å²) in [5.74, 6) is 0.0666. The molecule has 1 saturated heterocycles. The highest BCUT2D eigenvalue weighted by Gasteiger charge is 2.23. The summed E-state index contributed by atoms with van der Waals surface area (Å²) in [6.07, 6.45) is 1.81. The van der Waals surface area contributed by atoms with E-state index in [-0.39, 0.29) is 11.9 Å². The zero-order valence-corrected chi connectivity index (χ0v) is 11.1. The Morgan fingerprint density at radius 1 is 1.42 bits per heavy atom. The minimum absolute atomic E-state index is 0.278. The molecule has 1 aliphatic heterocycles. The van der Waals surface area contributed by atoms with Crippen molar-refractivity contribution in [1.82, 2.24) is 15.2 Å². The number of fused-ring (bicyclic) bond motifs is 1. The van der Waals surface area contributed by atoms with Crippen molar-refractivity contribution in [2.45, 2.75) is 25.8 Å². The van der Waals surface area contributed by atoms with Gasteiger partial charge in [0, 0.05) is 32.4 Å². The molecule has 0 amide bonds. The second kappa shape index (κ2) is 4.77. The van der Waals surface area contributed by atoms with Crippen LogP contribution in [0.1, 0.15) is 18.5 Å². The highest BCUT2D eigenvalue weighted by Crippen LogP contribution is 2.25. The average Bonchev–Trinajstić information content (AvgIpc) is 2.79. The number of hydrogen-bond donors (Lipinski definition) is 1. The molecule has 1 fully saturated rings. The van der Waals surface area contributed by atoms with Crippen molar-refractivity contribution in [2.75, 3.05) is 25.2 Å². The highest BCUT2D eigenvalue weighted by molar-refractivity contribution is 5.78. The zero-order chi connectivity index (χ0) is 13.4. The van der Waals surface area contributed by atoms with E-state index in [1.807, 2.05) is 18.9 Å². The van der Waals surface area contributed by atoms with Crippen molar-refractivity contribution in [3.8, 4) is 0 Å². The number of aromatic amines is 1. The molecule has 3 rings (SSSR count). The van der Waals surface area contributed by atoms with Crippen molar-refractivity contribution in [3.05, 3.63) is 17.6 Å². The molecule has 0 aliphatic carbocycles. The third-order valence-electron chi connectivity index (χ3n) is 3.71. The lowest BCUT2D eigenvalue weighted by molar-refractivity contribution is 0.0852. The Kier molecular flexibility index (Phi) is 3.10. The lowest BCUT2D eigenvalue weighted by Gasteiger charge is -2.32. The third-order valence-corrected chi connectivity index (χ3v) is 3.71. The summed E-state index contributed by atoms with van der Waals surface area (Å²) < 4.78 is 19.5. The first kappa shape index (κ1) is 12.3. The quantitative estimate of drug-likeness (QED) is 0.901. The van der Waals surface area contributed by atoms with Gasteiger partial charge in [-0.2, -0.15) is 5.10 Å². The molecule has 102 valence electrons. The minimum atomic E-state index is -0.326. The van der Waals surface area contributed by atoms with E-state index in [0.717, 1.165) is 37.3 Å². The fourth-order valence-electron chi connectivity index (χ4n) is 2.52. The van der Waals surface area contributed by atoms with Gasteiger partial charge in [0.25, 0.3) is 0 Å². The fourth-order valence-corrected chi connectivity index (χ4v) is 2.52. The molecule has 0 unspecified atom stereocenters. The molecule has 2 aromatic rings. The molecule has 6 heteroatoms. The summed E-state index contributed by atoms with van der Waals surface area (Å²) >= 11 is 0. The van der Waals surface area contributed by atoms with E-state index < -0.39 is 0 Å². The van der Waals surface area contributed by atoms with Gasteiger partial charge >= 0.3 is 0 Å². The summed E-state index contributed by atoms with van der Waals surface area (Å²) in [7, 11) is 1.89. The molecule has 1 N–H and O–H groups in total. The molecule has 0 atom stereocenters. The minimum Gasteiger partial charge on any atom is -0.381 e. The topological polar surface area (TPSA) is 54.0 Å². The van der Waals surface area contributed by atoms with Crippen LogP contribution in [0.4, 0.5) is 10.2 Å². The van der Waals surface area contributed by atoms with Crippen LogP contribution < -0.4 is 4.90 Å². The van der Waals surface area contributed by atoms with Crippen molar-refractivity contribution in [3.63, 3.8) is 0 Å². The van der Waals surface area contributed by atoms with E-state index in [4.69, 9.17) is 4.74 Å². The molecular formula is C13H17FN4O. The van der Waals surface area contributed by atoms with Crippen molar-refractivity contribution in [1.29, 1.82) is 0 Å². The van der Waals surface area contributed by atoms with Gasteiger partial charge in [-0.25, -0.2) is 9.37 Å². The zero-order valence-electron chi connectivity index (χ0n) is 11.1. The van der Waals surface area contributed by atoms with Gasteiger partial charge in [0.05, 0.1) is 5.69 Å². The lowest BCUT2D eigenvalue weighted by Crippen LogP contribution is -2.37. The van der Waals surface area contributed by atoms with Gasteiger partial charge < -0.3 is 9.64 Å². The first-order valence-corrected chi connectivity index (χ1v) is 6.48. The number of nitrogens with zero attached hydrogens (tertiary/aromatic N) is 3. The van der Waals surface area contributed by atoms with Crippen LogP contribution in [0, 0.1) is 12.7 Å². The number of hydrogen-bond acceptors (Lipinski definition) is 4. The van der Waals surface area contributed by atoms with Gasteiger partial charge in [-0.15, -0.1) is 0 Å². The fraction of sp³-hybridized carbons (Fsp3) is 0.538. The molecule has 0 radical (unpaired) electrons. The Morgan fingerprint density at radius 2 is 2.16 bits per heavy atom. The van der Waals surface area contributed by atoms with E-state index in [1.165, 1.54) is 6.07 Å². The Bertz CT molecular complexity index is 592. The maximum atomic E-state index is 14.1. The Labute approximate surface area is 110 Å². The first-order valence-electron chi connectivity index (χ1n) is 6.48. The van der Waals surface area contributed by atoms with E-state index >= 15 is 0 Å². The van der Waals surface area contributed by atoms with Gasteiger partial charge in [0.2, 0.25) is 0 Å². The van der Waals surface area contributed by atoms with Crippen LogP contribution >= 0.6 is 0 Å². The van der Waals surface area contributed by atoms with Gasteiger partial charge in [-0.1, -0.05) is 0 Å². The second-order valence-electron chi connectivity index (χ2n) is 4.96. The number of H-pyrrole nitrogens is 1. The Balaban J connectivity index is 1.98. The number of anilines is 1. The number of nitrogens with one attached hydrogen (secondary N) is 1.